The lowest BCUT2D eigenvalue weighted by molar-refractivity contribution is 1.37. The number of rotatable bonds is 2. The molecule has 0 bridgehead atoms. The summed E-state index contributed by atoms with van der Waals surface area (Å²) in [5.74, 6) is 0. The van der Waals surface area contributed by atoms with Crippen LogP contribution >= 0.6 is 11.3 Å². The Morgan fingerprint density at radius 2 is 1.35 bits per heavy atom. The van der Waals surface area contributed by atoms with E-state index in [0.29, 0.717) is 0 Å². The van der Waals surface area contributed by atoms with Crippen molar-refractivity contribution in [2.24, 2.45) is 0 Å². The summed E-state index contributed by atoms with van der Waals surface area (Å²) in [6.07, 6.45) is 1.83. The first-order valence-electron chi connectivity index (χ1n) is 12.3. The van der Waals surface area contributed by atoms with Gasteiger partial charge in [-0.3, -0.25) is 4.98 Å². The second-order valence-electron chi connectivity index (χ2n) is 9.27. The molecule has 4 aromatic heterocycles. The Labute approximate surface area is 216 Å². The van der Waals surface area contributed by atoms with E-state index >= 15 is 0 Å². The van der Waals surface area contributed by atoms with E-state index in [9.17, 15) is 0 Å². The molecule has 172 valence electrons. The first-order valence-corrected chi connectivity index (χ1v) is 13.1. The van der Waals surface area contributed by atoms with Gasteiger partial charge in [-0.2, -0.15) is 0 Å². The van der Waals surface area contributed by atoms with Gasteiger partial charge in [-0.15, -0.1) is 11.3 Å². The molecule has 4 heteroatoms. The molecule has 0 amide bonds. The van der Waals surface area contributed by atoms with Crippen LogP contribution in [-0.2, 0) is 0 Å². The predicted molar refractivity (Wildman–Crippen MR) is 156 cm³/mol. The smallest absolute Gasteiger partial charge is 0.0972 e. The lowest BCUT2D eigenvalue weighted by atomic mass is 9.99. The highest BCUT2D eigenvalue weighted by Crippen LogP contribution is 2.43. The topological polar surface area (TPSA) is 38.7 Å². The Kier molecular flexibility index (Phi) is 4.39. The molecule has 0 aliphatic heterocycles. The van der Waals surface area contributed by atoms with Gasteiger partial charge >= 0.3 is 0 Å². The largest absolute Gasteiger partial charge is 0.254 e. The third-order valence-electron chi connectivity index (χ3n) is 7.08. The molecule has 8 rings (SSSR count). The molecule has 4 heterocycles. The van der Waals surface area contributed by atoms with Crippen LogP contribution in [0.15, 0.2) is 115 Å². The van der Waals surface area contributed by atoms with E-state index in [1.807, 2.05) is 23.6 Å². The third kappa shape index (κ3) is 3.16. The summed E-state index contributed by atoms with van der Waals surface area (Å²) >= 11 is 1.84. The van der Waals surface area contributed by atoms with Crippen molar-refractivity contribution in [2.45, 2.75) is 0 Å². The minimum absolute atomic E-state index is 0.927. The lowest BCUT2D eigenvalue weighted by Gasteiger charge is -2.10. The Bertz CT molecular complexity index is 2160. The molecule has 0 N–H and O–H groups in total. The van der Waals surface area contributed by atoms with Crippen molar-refractivity contribution in [3.05, 3.63) is 115 Å². The van der Waals surface area contributed by atoms with Crippen LogP contribution in [0.25, 0.3) is 75.4 Å². The van der Waals surface area contributed by atoms with Gasteiger partial charge in [0.2, 0.25) is 0 Å². The fourth-order valence-corrected chi connectivity index (χ4v) is 6.57. The molecule has 37 heavy (non-hydrogen) atoms. The zero-order chi connectivity index (χ0) is 24.3. The summed E-state index contributed by atoms with van der Waals surface area (Å²) in [5.41, 5.74) is 6.98. The van der Waals surface area contributed by atoms with Gasteiger partial charge in [0.15, 0.2) is 0 Å². The summed E-state index contributed by atoms with van der Waals surface area (Å²) in [4.78, 5) is 14.9. The normalized spacial score (nSPS) is 11.8. The van der Waals surface area contributed by atoms with Crippen LogP contribution in [0.1, 0.15) is 0 Å². The molecule has 0 radical (unpaired) electrons. The highest BCUT2D eigenvalue weighted by atomic mass is 32.1. The average molecular weight is 490 g/mol. The zero-order valence-corrected chi connectivity index (χ0v) is 20.5. The number of hydrogen-bond donors (Lipinski definition) is 0. The van der Waals surface area contributed by atoms with Crippen molar-refractivity contribution in [3.63, 3.8) is 0 Å². The van der Waals surface area contributed by atoms with Crippen LogP contribution in [0.5, 0.6) is 0 Å². The van der Waals surface area contributed by atoms with E-state index in [1.165, 1.54) is 25.6 Å². The summed E-state index contributed by atoms with van der Waals surface area (Å²) < 4.78 is 2.57. The molecule has 0 unspecified atom stereocenters. The number of para-hydroxylation sites is 1. The van der Waals surface area contributed by atoms with Crippen LogP contribution in [0.2, 0.25) is 0 Å². The maximum Gasteiger partial charge on any atom is 0.0972 e. The van der Waals surface area contributed by atoms with Crippen LogP contribution < -0.4 is 0 Å². The first kappa shape index (κ1) is 20.5. The highest BCUT2D eigenvalue weighted by Gasteiger charge is 2.16. The second kappa shape index (κ2) is 7.92. The minimum atomic E-state index is 0.927. The average Bonchev–Trinajstić information content (AvgIpc) is 3.36. The molecule has 0 saturated carbocycles. The van der Waals surface area contributed by atoms with Gasteiger partial charge in [-0.1, -0.05) is 78.9 Å². The van der Waals surface area contributed by atoms with Crippen molar-refractivity contribution in [2.75, 3.05) is 0 Å². The standard InChI is InChI=1S/C33H19N3S/c1-3-12-27-24(10-1)33-29(25-11-2-4-13-28(25)37-33)30(36-27)23-8-5-7-22(19-23)26-17-16-21-15-14-20-9-6-18-34-31(20)32(21)35-26/h1-19H. The van der Waals surface area contributed by atoms with Crippen molar-refractivity contribution in [1.82, 2.24) is 15.0 Å². The van der Waals surface area contributed by atoms with E-state index in [4.69, 9.17) is 9.97 Å². The van der Waals surface area contributed by atoms with Crippen molar-refractivity contribution < 1.29 is 0 Å². The third-order valence-corrected chi connectivity index (χ3v) is 8.28. The maximum atomic E-state index is 5.20. The summed E-state index contributed by atoms with van der Waals surface area (Å²) in [7, 11) is 0. The van der Waals surface area contributed by atoms with Gasteiger partial charge in [0.05, 0.1) is 27.9 Å². The Hall–Kier alpha value is -4.67. The molecule has 4 aromatic carbocycles. The van der Waals surface area contributed by atoms with Crippen LogP contribution in [0.3, 0.4) is 0 Å². The van der Waals surface area contributed by atoms with Crippen LogP contribution in [-0.4, -0.2) is 15.0 Å². The molecule has 0 spiro atoms. The number of aromatic nitrogens is 3. The summed E-state index contributed by atoms with van der Waals surface area (Å²) in [5, 5.41) is 5.86. The number of hydrogen-bond acceptors (Lipinski definition) is 4. The fourth-order valence-electron chi connectivity index (χ4n) is 5.33. The van der Waals surface area contributed by atoms with E-state index in [0.717, 1.165) is 49.8 Å². The van der Waals surface area contributed by atoms with E-state index in [1.54, 1.807) is 0 Å². The number of fused-ring (bicyclic) bond motifs is 8. The molecule has 0 fully saturated rings. The minimum Gasteiger partial charge on any atom is -0.254 e. The van der Waals surface area contributed by atoms with Crippen LogP contribution in [0.4, 0.5) is 0 Å². The second-order valence-corrected chi connectivity index (χ2v) is 10.3. The van der Waals surface area contributed by atoms with Crippen molar-refractivity contribution in [3.8, 4) is 22.5 Å². The molecule has 0 atom stereocenters. The van der Waals surface area contributed by atoms with Gasteiger partial charge in [0.1, 0.15) is 0 Å². The quantitative estimate of drug-likeness (QED) is 0.227. The van der Waals surface area contributed by atoms with E-state index in [2.05, 4.69) is 108 Å². The number of thiophene rings is 1. The van der Waals surface area contributed by atoms with Gasteiger partial charge in [-0.25, -0.2) is 9.97 Å². The molecule has 0 saturated heterocycles. The van der Waals surface area contributed by atoms with Crippen molar-refractivity contribution >= 4 is 64.2 Å². The molecular weight excluding hydrogens is 470 g/mol. The SMILES string of the molecule is c1cc(-c2ccc3ccc4cccnc4c3n2)cc(-c2nc3ccccc3c3sc4ccccc4c23)c1. The molecule has 8 aromatic rings. The molecule has 0 aliphatic carbocycles. The predicted octanol–water partition coefficient (Wildman–Crippen LogP) is 9.03. The fraction of sp³-hybridized carbons (Fsp3) is 0. The van der Waals surface area contributed by atoms with Gasteiger partial charge in [0, 0.05) is 53.7 Å². The number of pyridine rings is 3. The molecule has 3 nitrogen and oxygen atoms in total. The monoisotopic (exact) mass is 489 g/mol. The van der Waals surface area contributed by atoms with Gasteiger partial charge < -0.3 is 0 Å². The maximum absolute atomic E-state index is 5.20. The Balaban J connectivity index is 1.38. The summed E-state index contributed by atoms with van der Waals surface area (Å²) in [6.45, 7) is 0. The van der Waals surface area contributed by atoms with Crippen molar-refractivity contribution in [1.29, 1.82) is 0 Å². The number of nitrogens with zero attached hydrogens (tertiary/aromatic N) is 3. The first-order chi connectivity index (χ1) is 18.3. The van der Waals surface area contributed by atoms with Gasteiger partial charge in [0.25, 0.3) is 0 Å². The Morgan fingerprint density at radius 1 is 0.568 bits per heavy atom. The van der Waals surface area contributed by atoms with E-state index < -0.39 is 0 Å². The highest BCUT2D eigenvalue weighted by molar-refractivity contribution is 7.26. The Morgan fingerprint density at radius 3 is 2.30 bits per heavy atom. The molecule has 0 aliphatic rings. The zero-order valence-electron chi connectivity index (χ0n) is 19.7. The number of benzene rings is 4. The lowest BCUT2D eigenvalue weighted by Crippen LogP contribution is -1.91. The van der Waals surface area contributed by atoms with Crippen LogP contribution in [0, 0.1) is 0 Å². The van der Waals surface area contributed by atoms with Gasteiger partial charge in [-0.05, 0) is 30.3 Å². The molecular formula is C33H19N3S. The summed E-state index contributed by atoms with van der Waals surface area (Å²) in [6, 6.07) is 38.2. The van der Waals surface area contributed by atoms with E-state index in [-0.39, 0.29) is 0 Å².